The molecule has 0 saturated heterocycles. The Hall–Kier alpha value is -1.41. The van der Waals surface area contributed by atoms with Crippen LogP contribution in [0.4, 0.5) is 4.39 Å². The van der Waals surface area contributed by atoms with Gasteiger partial charge in [0, 0.05) is 5.39 Å². The van der Waals surface area contributed by atoms with Gasteiger partial charge >= 0.3 is 0 Å². The van der Waals surface area contributed by atoms with E-state index in [1.54, 1.807) is 6.07 Å². The highest BCUT2D eigenvalue weighted by Gasteiger charge is 2.40. The lowest BCUT2D eigenvalue weighted by atomic mass is 9.74. The van der Waals surface area contributed by atoms with Crippen molar-refractivity contribution in [2.75, 3.05) is 0 Å². The fourth-order valence-electron chi connectivity index (χ4n) is 2.61. The number of fused-ring (bicyclic) bond motifs is 1. The van der Waals surface area contributed by atoms with Crippen molar-refractivity contribution in [1.29, 1.82) is 5.26 Å². The molecule has 1 aliphatic rings. The number of rotatable bonds is 2. The number of nitriles is 1. The lowest BCUT2D eigenvalue weighted by Gasteiger charge is -2.40. The van der Waals surface area contributed by atoms with Crippen LogP contribution < -0.4 is 0 Å². The van der Waals surface area contributed by atoms with Gasteiger partial charge in [-0.1, -0.05) is 0 Å². The number of hydrogen-bond acceptors (Lipinski definition) is 2. The summed E-state index contributed by atoms with van der Waals surface area (Å²) in [5.41, 5.74) is 0.518. The van der Waals surface area contributed by atoms with Crippen LogP contribution in [0, 0.1) is 17.1 Å². The molecule has 0 spiro atoms. The van der Waals surface area contributed by atoms with E-state index >= 15 is 0 Å². The third-order valence-electron chi connectivity index (χ3n) is 3.74. The van der Waals surface area contributed by atoms with Crippen LogP contribution in [-0.4, -0.2) is 9.78 Å². The first kappa shape index (κ1) is 11.7. The summed E-state index contributed by atoms with van der Waals surface area (Å²) in [4.78, 5) is 0. The fraction of sp³-hybridized carbons (Fsp3) is 0.385. The molecule has 1 aliphatic carbocycles. The highest BCUT2D eigenvalue weighted by Crippen LogP contribution is 2.44. The number of halogens is 2. The maximum Gasteiger partial charge on any atom is 0.136 e. The van der Waals surface area contributed by atoms with Crippen LogP contribution in [0.25, 0.3) is 10.9 Å². The van der Waals surface area contributed by atoms with Crippen molar-refractivity contribution in [3.05, 3.63) is 28.6 Å². The molecule has 1 aromatic heterocycles. The van der Waals surface area contributed by atoms with Crippen molar-refractivity contribution in [3.63, 3.8) is 0 Å². The van der Waals surface area contributed by atoms with E-state index in [1.165, 1.54) is 12.1 Å². The second kappa shape index (κ2) is 4.06. The lowest BCUT2D eigenvalue weighted by Crippen LogP contribution is -2.41. The summed E-state index contributed by atoms with van der Waals surface area (Å²) in [6.45, 7) is 0. The third kappa shape index (κ3) is 1.56. The zero-order valence-corrected chi connectivity index (χ0v) is 11.2. The summed E-state index contributed by atoms with van der Waals surface area (Å²) >= 11 is 3.40. The minimum atomic E-state index is -0.275. The topological polar surface area (TPSA) is 41.6 Å². The highest BCUT2D eigenvalue weighted by atomic mass is 79.9. The molecule has 0 N–H and O–H groups in total. The molecule has 0 bridgehead atoms. The minimum Gasteiger partial charge on any atom is -0.256 e. The molecule has 5 heteroatoms. The quantitative estimate of drug-likeness (QED) is 0.848. The van der Waals surface area contributed by atoms with E-state index in [0.29, 0.717) is 11.0 Å². The molecule has 0 amide bonds. The smallest absolute Gasteiger partial charge is 0.136 e. The average molecular weight is 308 g/mol. The normalized spacial score (nSPS) is 17.4. The fourth-order valence-corrected chi connectivity index (χ4v) is 3.10. The van der Waals surface area contributed by atoms with E-state index in [2.05, 4.69) is 27.1 Å². The standard InChI is InChI=1S/C13H11BrFN3/c14-12-10-3-2-9(15)8-11(10)18(17-12)13(6-7-16)4-1-5-13/h2-3,8H,1,4-6H2. The van der Waals surface area contributed by atoms with Gasteiger partial charge in [-0.15, -0.1) is 0 Å². The van der Waals surface area contributed by atoms with Crippen LogP contribution in [0.3, 0.4) is 0 Å². The number of benzene rings is 1. The van der Waals surface area contributed by atoms with Gasteiger partial charge in [0.05, 0.1) is 23.5 Å². The Morgan fingerprint density at radius 3 is 2.89 bits per heavy atom. The molecule has 1 heterocycles. The summed E-state index contributed by atoms with van der Waals surface area (Å²) in [6, 6.07) is 6.86. The van der Waals surface area contributed by atoms with Crippen LogP contribution in [0.1, 0.15) is 25.7 Å². The van der Waals surface area contributed by atoms with Gasteiger partial charge in [-0.25, -0.2) is 4.39 Å². The van der Waals surface area contributed by atoms with Crippen LogP contribution in [-0.2, 0) is 5.54 Å². The molecule has 1 saturated carbocycles. The molecule has 1 fully saturated rings. The molecule has 1 aromatic carbocycles. The molecule has 0 atom stereocenters. The SMILES string of the molecule is N#CCC1(n2nc(Br)c3ccc(F)cc32)CCC1. The van der Waals surface area contributed by atoms with Crippen molar-refractivity contribution in [2.24, 2.45) is 0 Å². The van der Waals surface area contributed by atoms with Gasteiger partial charge < -0.3 is 0 Å². The Labute approximate surface area is 112 Å². The monoisotopic (exact) mass is 307 g/mol. The lowest BCUT2D eigenvalue weighted by molar-refractivity contribution is 0.136. The first-order valence-corrected chi connectivity index (χ1v) is 6.67. The Kier molecular flexibility index (Phi) is 2.63. The largest absolute Gasteiger partial charge is 0.256 e. The molecule has 3 rings (SSSR count). The van der Waals surface area contributed by atoms with Gasteiger partial charge in [0.2, 0.25) is 0 Å². The number of aromatic nitrogens is 2. The molecule has 0 unspecified atom stereocenters. The molecular formula is C13H11BrFN3. The van der Waals surface area contributed by atoms with Crippen LogP contribution in [0.2, 0.25) is 0 Å². The maximum atomic E-state index is 13.4. The molecule has 2 aromatic rings. The predicted molar refractivity (Wildman–Crippen MR) is 69.4 cm³/mol. The van der Waals surface area contributed by atoms with E-state index in [-0.39, 0.29) is 11.4 Å². The molecule has 18 heavy (non-hydrogen) atoms. The summed E-state index contributed by atoms with van der Waals surface area (Å²) < 4.78 is 15.9. The van der Waals surface area contributed by atoms with Gasteiger partial charge in [0.1, 0.15) is 10.4 Å². The zero-order valence-electron chi connectivity index (χ0n) is 9.66. The summed E-state index contributed by atoms with van der Waals surface area (Å²) in [5.74, 6) is -0.275. The van der Waals surface area contributed by atoms with Crippen molar-refractivity contribution in [3.8, 4) is 6.07 Å². The molecular weight excluding hydrogens is 297 g/mol. The van der Waals surface area contributed by atoms with Crippen LogP contribution in [0.15, 0.2) is 22.8 Å². The minimum absolute atomic E-state index is 0.243. The third-order valence-corrected chi connectivity index (χ3v) is 4.33. The van der Waals surface area contributed by atoms with Crippen molar-refractivity contribution in [1.82, 2.24) is 9.78 Å². The number of hydrogen-bond donors (Lipinski definition) is 0. The van der Waals surface area contributed by atoms with Gasteiger partial charge in [-0.2, -0.15) is 10.4 Å². The summed E-state index contributed by atoms with van der Waals surface area (Å²) in [6.07, 6.45) is 3.38. The molecule has 0 aliphatic heterocycles. The molecule has 0 radical (unpaired) electrons. The van der Waals surface area contributed by atoms with Crippen molar-refractivity contribution < 1.29 is 4.39 Å². The second-order valence-electron chi connectivity index (χ2n) is 4.78. The first-order valence-electron chi connectivity index (χ1n) is 5.87. The van der Waals surface area contributed by atoms with E-state index < -0.39 is 0 Å². The van der Waals surface area contributed by atoms with Crippen LogP contribution >= 0.6 is 15.9 Å². The van der Waals surface area contributed by atoms with E-state index in [1.807, 2.05) is 4.68 Å². The highest BCUT2D eigenvalue weighted by molar-refractivity contribution is 9.10. The maximum absolute atomic E-state index is 13.4. The van der Waals surface area contributed by atoms with Gasteiger partial charge in [-0.3, -0.25) is 4.68 Å². The van der Waals surface area contributed by atoms with Crippen molar-refractivity contribution >= 4 is 26.8 Å². The van der Waals surface area contributed by atoms with E-state index in [0.717, 1.165) is 30.2 Å². The first-order chi connectivity index (χ1) is 8.66. The van der Waals surface area contributed by atoms with Crippen molar-refractivity contribution in [2.45, 2.75) is 31.2 Å². The number of nitrogens with zero attached hydrogens (tertiary/aromatic N) is 3. The second-order valence-corrected chi connectivity index (χ2v) is 5.53. The molecule has 92 valence electrons. The van der Waals surface area contributed by atoms with Gasteiger partial charge in [0.15, 0.2) is 0 Å². The molecule has 3 nitrogen and oxygen atoms in total. The predicted octanol–water partition coefficient (Wildman–Crippen LogP) is 3.73. The summed E-state index contributed by atoms with van der Waals surface area (Å²) in [7, 11) is 0. The Morgan fingerprint density at radius 1 is 1.50 bits per heavy atom. The van der Waals surface area contributed by atoms with E-state index in [4.69, 9.17) is 5.26 Å². The van der Waals surface area contributed by atoms with E-state index in [9.17, 15) is 4.39 Å². The Bertz CT molecular complexity index is 652. The van der Waals surface area contributed by atoms with Gasteiger partial charge in [0.25, 0.3) is 0 Å². The Balaban J connectivity index is 2.23. The average Bonchev–Trinajstić information content (AvgIpc) is 2.61. The summed E-state index contributed by atoms with van der Waals surface area (Å²) in [5, 5.41) is 14.3. The Morgan fingerprint density at radius 2 is 2.28 bits per heavy atom. The van der Waals surface area contributed by atoms with Crippen LogP contribution in [0.5, 0.6) is 0 Å². The zero-order chi connectivity index (χ0) is 12.8. The van der Waals surface area contributed by atoms with Gasteiger partial charge in [-0.05, 0) is 53.4 Å².